The highest BCUT2D eigenvalue weighted by Gasteiger charge is 2.21. The lowest BCUT2D eigenvalue weighted by Crippen LogP contribution is -2.41. The van der Waals surface area contributed by atoms with Crippen molar-refractivity contribution in [2.45, 2.75) is 46.5 Å². The molecule has 0 atom stereocenters. The number of carbonyl (C=O) groups excluding carboxylic acids is 2. The molecule has 2 amide bonds. The number of nitrogens with one attached hydrogen (secondary N) is 1. The van der Waals surface area contributed by atoms with Gasteiger partial charge in [0.15, 0.2) is 0 Å². The zero-order valence-corrected chi connectivity index (χ0v) is 13.2. The van der Waals surface area contributed by atoms with E-state index >= 15 is 0 Å². The van der Waals surface area contributed by atoms with Crippen molar-refractivity contribution in [1.29, 1.82) is 0 Å². The number of aryl methyl sites for hydroxylation is 1. The number of aromatic nitrogens is 1. The third kappa shape index (κ3) is 5.94. The number of pyridine rings is 1. The number of anilines is 1. The Kier molecular flexibility index (Phi) is 7.43. The van der Waals surface area contributed by atoms with Crippen LogP contribution < -0.4 is 5.32 Å². The van der Waals surface area contributed by atoms with Gasteiger partial charge in [-0.25, -0.2) is 4.98 Å². The first kappa shape index (κ1) is 17.1. The molecule has 21 heavy (non-hydrogen) atoms. The highest BCUT2D eigenvalue weighted by molar-refractivity contribution is 6.39. The van der Waals surface area contributed by atoms with Gasteiger partial charge in [-0.3, -0.25) is 9.59 Å². The van der Waals surface area contributed by atoms with Gasteiger partial charge >= 0.3 is 11.8 Å². The Morgan fingerprint density at radius 3 is 2.24 bits per heavy atom. The fraction of sp³-hybridized carbons (Fsp3) is 0.562. The standard InChI is InChI=1S/C16H25N3O2/c1-4-6-10-19(11-7-5-2)16(21)15(20)18-14-9-8-13(3)12-17-14/h8-9,12H,4-7,10-11H2,1-3H3,(H,17,18,20). The van der Waals surface area contributed by atoms with Crippen LogP contribution >= 0.6 is 0 Å². The number of nitrogens with zero attached hydrogens (tertiary/aromatic N) is 2. The summed E-state index contributed by atoms with van der Waals surface area (Å²) in [4.78, 5) is 30.0. The van der Waals surface area contributed by atoms with E-state index in [-0.39, 0.29) is 0 Å². The minimum atomic E-state index is -0.612. The predicted octanol–water partition coefficient (Wildman–Crippen LogP) is 2.76. The van der Waals surface area contributed by atoms with Crippen LogP contribution in [0.5, 0.6) is 0 Å². The van der Waals surface area contributed by atoms with Crippen molar-refractivity contribution in [2.24, 2.45) is 0 Å². The molecule has 0 radical (unpaired) electrons. The van der Waals surface area contributed by atoms with E-state index in [4.69, 9.17) is 0 Å². The summed E-state index contributed by atoms with van der Waals surface area (Å²) in [6, 6.07) is 3.54. The lowest BCUT2D eigenvalue weighted by atomic mass is 10.2. The van der Waals surface area contributed by atoms with Crippen LogP contribution in [-0.2, 0) is 9.59 Å². The molecule has 0 aliphatic rings. The number of unbranched alkanes of at least 4 members (excludes halogenated alkanes) is 2. The van der Waals surface area contributed by atoms with E-state index < -0.39 is 11.8 Å². The van der Waals surface area contributed by atoms with E-state index in [0.29, 0.717) is 18.9 Å². The highest BCUT2D eigenvalue weighted by atomic mass is 16.2. The number of hydrogen-bond acceptors (Lipinski definition) is 3. The highest BCUT2D eigenvalue weighted by Crippen LogP contribution is 2.06. The van der Waals surface area contributed by atoms with E-state index in [0.717, 1.165) is 31.2 Å². The third-order valence-corrected chi connectivity index (χ3v) is 3.20. The summed E-state index contributed by atoms with van der Waals surface area (Å²) in [6.07, 6.45) is 5.47. The number of amides is 2. The van der Waals surface area contributed by atoms with E-state index in [1.165, 1.54) is 0 Å². The maximum absolute atomic E-state index is 12.2. The van der Waals surface area contributed by atoms with Crippen LogP contribution in [0.3, 0.4) is 0 Å². The second kappa shape index (κ2) is 9.10. The van der Waals surface area contributed by atoms with Gasteiger partial charge in [0.1, 0.15) is 5.82 Å². The van der Waals surface area contributed by atoms with Gasteiger partial charge in [-0.15, -0.1) is 0 Å². The molecule has 5 nitrogen and oxygen atoms in total. The van der Waals surface area contributed by atoms with Crippen LogP contribution in [0.2, 0.25) is 0 Å². The van der Waals surface area contributed by atoms with Crippen LogP contribution in [0.25, 0.3) is 0 Å². The smallest absolute Gasteiger partial charge is 0.315 e. The molecular formula is C16H25N3O2. The van der Waals surface area contributed by atoms with Crippen LogP contribution in [0.4, 0.5) is 5.82 Å². The Morgan fingerprint density at radius 2 is 1.76 bits per heavy atom. The van der Waals surface area contributed by atoms with Crippen LogP contribution in [0, 0.1) is 6.92 Å². The van der Waals surface area contributed by atoms with Crippen molar-refractivity contribution in [3.8, 4) is 0 Å². The summed E-state index contributed by atoms with van der Waals surface area (Å²) in [5, 5.41) is 2.56. The van der Waals surface area contributed by atoms with Gasteiger partial charge in [-0.1, -0.05) is 32.8 Å². The van der Waals surface area contributed by atoms with Gasteiger partial charge in [0.05, 0.1) is 0 Å². The Bertz CT molecular complexity index is 449. The number of rotatable bonds is 7. The average Bonchev–Trinajstić information content (AvgIpc) is 2.49. The minimum absolute atomic E-state index is 0.407. The van der Waals surface area contributed by atoms with Crippen molar-refractivity contribution < 1.29 is 9.59 Å². The molecule has 1 aromatic heterocycles. The SMILES string of the molecule is CCCCN(CCCC)C(=O)C(=O)Nc1ccc(C)cn1. The van der Waals surface area contributed by atoms with E-state index in [9.17, 15) is 9.59 Å². The summed E-state index contributed by atoms with van der Waals surface area (Å²) in [5.74, 6) is -0.678. The van der Waals surface area contributed by atoms with Crippen molar-refractivity contribution in [1.82, 2.24) is 9.88 Å². The molecule has 0 fully saturated rings. The molecule has 0 saturated carbocycles. The summed E-state index contributed by atoms with van der Waals surface area (Å²) >= 11 is 0. The maximum Gasteiger partial charge on any atom is 0.315 e. The first-order valence-electron chi connectivity index (χ1n) is 7.61. The Balaban J connectivity index is 2.63. The molecule has 0 unspecified atom stereocenters. The second-order valence-corrected chi connectivity index (χ2v) is 5.17. The fourth-order valence-electron chi connectivity index (χ4n) is 1.87. The summed E-state index contributed by atoms with van der Waals surface area (Å²) in [7, 11) is 0. The molecular weight excluding hydrogens is 266 g/mol. The van der Waals surface area contributed by atoms with Crippen molar-refractivity contribution >= 4 is 17.6 Å². The van der Waals surface area contributed by atoms with Crippen LogP contribution in [0.1, 0.15) is 45.1 Å². The normalized spacial score (nSPS) is 10.2. The largest absolute Gasteiger partial charge is 0.334 e. The number of hydrogen-bond donors (Lipinski definition) is 1. The molecule has 0 spiro atoms. The first-order valence-corrected chi connectivity index (χ1v) is 7.61. The third-order valence-electron chi connectivity index (χ3n) is 3.20. The van der Waals surface area contributed by atoms with Gasteiger partial charge in [0.2, 0.25) is 0 Å². The molecule has 0 bridgehead atoms. The Labute approximate surface area is 126 Å². The lowest BCUT2D eigenvalue weighted by molar-refractivity contribution is -0.143. The monoisotopic (exact) mass is 291 g/mol. The van der Waals surface area contributed by atoms with Gasteiger partial charge < -0.3 is 10.2 Å². The molecule has 1 heterocycles. The maximum atomic E-state index is 12.2. The van der Waals surface area contributed by atoms with Crippen molar-refractivity contribution in [3.05, 3.63) is 23.9 Å². The van der Waals surface area contributed by atoms with Gasteiger partial charge in [-0.05, 0) is 31.4 Å². The summed E-state index contributed by atoms with van der Waals surface area (Å²) in [5.41, 5.74) is 1.01. The number of carbonyl (C=O) groups is 2. The summed E-state index contributed by atoms with van der Waals surface area (Å²) in [6.45, 7) is 7.31. The molecule has 1 N–H and O–H groups in total. The zero-order chi connectivity index (χ0) is 15.7. The quantitative estimate of drug-likeness (QED) is 0.786. The van der Waals surface area contributed by atoms with Crippen molar-refractivity contribution in [3.63, 3.8) is 0 Å². The van der Waals surface area contributed by atoms with E-state index in [1.54, 1.807) is 17.2 Å². The fourth-order valence-corrected chi connectivity index (χ4v) is 1.87. The molecule has 5 heteroatoms. The van der Waals surface area contributed by atoms with Gasteiger partial charge in [-0.2, -0.15) is 0 Å². The second-order valence-electron chi connectivity index (χ2n) is 5.17. The van der Waals surface area contributed by atoms with Crippen LogP contribution in [0.15, 0.2) is 18.3 Å². The first-order chi connectivity index (χ1) is 10.1. The molecule has 1 aromatic rings. The molecule has 116 valence electrons. The molecule has 0 saturated heterocycles. The lowest BCUT2D eigenvalue weighted by Gasteiger charge is -2.21. The predicted molar refractivity (Wildman–Crippen MR) is 84.0 cm³/mol. The topological polar surface area (TPSA) is 62.3 Å². The van der Waals surface area contributed by atoms with Gasteiger partial charge in [0, 0.05) is 19.3 Å². The van der Waals surface area contributed by atoms with Crippen molar-refractivity contribution in [2.75, 3.05) is 18.4 Å². The summed E-state index contributed by atoms with van der Waals surface area (Å²) < 4.78 is 0. The van der Waals surface area contributed by atoms with Gasteiger partial charge in [0.25, 0.3) is 0 Å². The Morgan fingerprint density at radius 1 is 1.14 bits per heavy atom. The van der Waals surface area contributed by atoms with Crippen LogP contribution in [-0.4, -0.2) is 34.8 Å². The molecule has 0 aromatic carbocycles. The van der Waals surface area contributed by atoms with E-state index in [1.807, 2.05) is 13.0 Å². The molecule has 1 rings (SSSR count). The average molecular weight is 291 g/mol. The Hall–Kier alpha value is -1.91. The molecule has 0 aliphatic carbocycles. The zero-order valence-electron chi connectivity index (χ0n) is 13.2. The minimum Gasteiger partial charge on any atom is -0.334 e. The molecule has 0 aliphatic heterocycles. The van der Waals surface area contributed by atoms with E-state index in [2.05, 4.69) is 24.1 Å².